The average molecular weight is 242 g/mol. The molecule has 0 N–H and O–H groups in total. The van der Waals surface area contributed by atoms with E-state index in [1.807, 2.05) is 0 Å². The molecule has 0 aromatic carbocycles. The summed E-state index contributed by atoms with van der Waals surface area (Å²) in [6, 6.07) is 0. The number of ether oxygens (including phenoxy) is 2. The number of hydrogen-bond acceptors (Lipinski definition) is 6. The van der Waals surface area contributed by atoms with Crippen molar-refractivity contribution in [3.05, 3.63) is 0 Å². The SMILES string of the molecule is COCN1C(=O)C2(C1=O)C(=O)N(COC)C2=O. The van der Waals surface area contributed by atoms with E-state index < -0.39 is 29.0 Å². The topological polar surface area (TPSA) is 93.2 Å². The van der Waals surface area contributed by atoms with Gasteiger partial charge in [0.2, 0.25) is 0 Å². The van der Waals surface area contributed by atoms with Crippen LogP contribution in [0, 0.1) is 5.41 Å². The van der Waals surface area contributed by atoms with Gasteiger partial charge in [-0.25, -0.2) is 0 Å². The third kappa shape index (κ3) is 1.08. The van der Waals surface area contributed by atoms with Crippen molar-refractivity contribution in [2.45, 2.75) is 0 Å². The van der Waals surface area contributed by atoms with E-state index >= 15 is 0 Å². The molecule has 2 fully saturated rings. The highest BCUT2D eigenvalue weighted by Crippen LogP contribution is 2.44. The Kier molecular flexibility index (Phi) is 2.48. The molecular formula is C9H10N2O6. The van der Waals surface area contributed by atoms with Gasteiger partial charge in [-0.05, 0) is 0 Å². The average Bonchev–Trinajstić information content (AvgIpc) is 2.33. The molecule has 0 unspecified atom stereocenters. The number of amides is 4. The zero-order valence-corrected chi connectivity index (χ0v) is 9.26. The Hall–Kier alpha value is -1.80. The molecule has 0 saturated carbocycles. The van der Waals surface area contributed by atoms with E-state index in [9.17, 15) is 19.2 Å². The number of β-lactam (4-membered cyclic amide) rings is 4. The van der Waals surface area contributed by atoms with E-state index in [2.05, 4.69) is 9.47 Å². The van der Waals surface area contributed by atoms with Crippen LogP contribution in [0.15, 0.2) is 0 Å². The van der Waals surface area contributed by atoms with Gasteiger partial charge in [-0.2, -0.15) is 0 Å². The van der Waals surface area contributed by atoms with Gasteiger partial charge in [0.1, 0.15) is 13.5 Å². The number of methoxy groups -OCH3 is 2. The molecule has 92 valence electrons. The van der Waals surface area contributed by atoms with Crippen molar-refractivity contribution in [3.8, 4) is 0 Å². The van der Waals surface area contributed by atoms with Crippen LogP contribution >= 0.6 is 0 Å². The van der Waals surface area contributed by atoms with Crippen molar-refractivity contribution in [3.63, 3.8) is 0 Å². The van der Waals surface area contributed by atoms with Crippen molar-refractivity contribution >= 4 is 23.6 Å². The summed E-state index contributed by atoms with van der Waals surface area (Å²) in [5.74, 6) is -3.31. The number of hydrogen-bond donors (Lipinski definition) is 0. The molecule has 2 saturated heterocycles. The van der Waals surface area contributed by atoms with Crippen molar-refractivity contribution < 1.29 is 28.7 Å². The molecule has 0 aromatic heterocycles. The van der Waals surface area contributed by atoms with E-state index in [0.29, 0.717) is 0 Å². The van der Waals surface area contributed by atoms with Crippen molar-refractivity contribution in [1.82, 2.24) is 9.80 Å². The van der Waals surface area contributed by atoms with E-state index in [1.165, 1.54) is 14.2 Å². The van der Waals surface area contributed by atoms with E-state index in [-0.39, 0.29) is 13.5 Å². The second-order valence-electron chi connectivity index (χ2n) is 3.66. The number of likely N-dealkylation sites (tertiary alicyclic amines) is 2. The molecule has 2 aliphatic rings. The normalized spacial score (nSPS) is 22.0. The molecule has 1 spiro atoms. The maximum Gasteiger partial charge on any atom is 0.285 e. The number of rotatable bonds is 4. The van der Waals surface area contributed by atoms with Crippen LogP contribution in [0.1, 0.15) is 0 Å². The maximum atomic E-state index is 11.7. The molecule has 2 aliphatic heterocycles. The summed E-state index contributed by atoms with van der Waals surface area (Å²) < 4.78 is 9.23. The predicted octanol–water partition coefficient (Wildman–Crippen LogP) is -2.08. The van der Waals surface area contributed by atoms with E-state index in [0.717, 1.165) is 9.80 Å². The van der Waals surface area contributed by atoms with Crippen LogP contribution in [0.3, 0.4) is 0 Å². The largest absolute Gasteiger partial charge is 0.364 e. The van der Waals surface area contributed by atoms with E-state index in [4.69, 9.17) is 0 Å². The molecule has 8 heteroatoms. The summed E-state index contributed by atoms with van der Waals surface area (Å²) in [5, 5.41) is 0. The number of nitrogens with zero attached hydrogens (tertiary/aromatic N) is 2. The Morgan fingerprint density at radius 2 is 1.12 bits per heavy atom. The summed E-state index contributed by atoms with van der Waals surface area (Å²) in [6.45, 7) is -0.519. The van der Waals surface area contributed by atoms with E-state index in [1.54, 1.807) is 0 Å². The summed E-state index contributed by atoms with van der Waals surface area (Å²) in [7, 11) is 2.60. The van der Waals surface area contributed by atoms with Crippen molar-refractivity contribution in [2.75, 3.05) is 27.7 Å². The molecule has 0 aliphatic carbocycles. The monoisotopic (exact) mass is 242 g/mol. The Bertz CT molecular complexity index is 356. The smallest absolute Gasteiger partial charge is 0.285 e. The van der Waals surface area contributed by atoms with Gasteiger partial charge in [0.15, 0.2) is 0 Å². The molecule has 8 nitrogen and oxygen atoms in total. The summed E-state index contributed by atoms with van der Waals surface area (Å²) in [6.07, 6.45) is 0. The maximum absolute atomic E-state index is 11.7. The zero-order valence-electron chi connectivity index (χ0n) is 9.26. The highest BCUT2D eigenvalue weighted by molar-refractivity contribution is 6.52. The van der Waals surface area contributed by atoms with Crippen LogP contribution in [0.25, 0.3) is 0 Å². The van der Waals surface area contributed by atoms with Crippen molar-refractivity contribution in [1.29, 1.82) is 0 Å². The summed E-state index contributed by atoms with van der Waals surface area (Å²) >= 11 is 0. The third-order valence-corrected chi connectivity index (χ3v) is 2.78. The van der Waals surface area contributed by atoms with Gasteiger partial charge < -0.3 is 9.47 Å². The lowest BCUT2D eigenvalue weighted by Crippen LogP contribution is -2.84. The number of carbonyl (C=O) groups excluding carboxylic acids is 4. The fraction of sp³-hybridized carbons (Fsp3) is 0.556. The van der Waals surface area contributed by atoms with Crippen LogP contribution in [0.2, 0.25) is 0 Å². The molecule has 2 rings (SSSR count). The van der Waals surface area contributed by atoms with Gasteiger partial charge in [-0.15, -0.1) is 0 Å². The first kappa shape index (κ1) is 11.7. The van der Waals surface area contributed by atoms with Crippen molar-refractivity contribution in [2.24, 2.45) is 5.41 Å². The third-order valence-electron chi connectivity index (χ3n) is 2.78. The van der Waals surface area contributed by atoms with Gasteiger partial charge in [0, 0.05) is 14.2 Å². The minimum absolute atomic E-state index is 0.260. The number of imide groups is 2. The predicted molar refractivity (Wildman–Crippen MR) is 49.9 cm³/mol. The lowest BCUT2D eigenvalue weighted by atomic mass is 9.69. The standard InChI is InChI=1S/C9H10N2O6/c1-16-3-10-5(12)9(6(10)13)7(14)11(4-17-2)8(9)15/h3-4H2,1-2H3. The minimum Gasteiger partial charge on any atom is -0.364 e. The Morgan fingerprint density at radius 1 is 0.824 bits per heavy atom. The summed E-state index contributed by atoms with van der Waals surface area (Å²) in [4.78, 5) is 48.1. The Balaban J connectivity index is 2.20. The first-order valence-electron chi connectivity index (χ1n) is 4.74. The molecule has 0 radical (unpaired) electrons. The molecular weight excluding hydrogens is 232 g/mol. The first-order chi connectivity index (χ1) is 8.03. The fourth-order valence-electron chi connectivity index (χ4n) is 1.93. The minimum atomic E-state index is -2.14. The molecule has 0 aromatic rings. The van der Waals surface area contributed by atoms with Crippen LogP contribution in [-0.4, -0.2) is 61.1 Å². The van der Waals surface area contributed by atoms with Gasteiger partial charge in [0.25, 0.3) is 29.0 Å². The summed E-state index contributed by atoms with van der Waals surface area (Å²) in [5.41, 5.74) is -2.14. The fourth-order valence-corrected chi connectivity index (χ4v) is 1.93. The van der Waals surface area contributed by atoms with Gasteiger partial charge in [-0.1, -0.05) is 0 Å². The molecule has 4 amide bonds. The van der Waals surface area contributed by atoms with Crippen LogP contribution < -0.4 is 0 Å². The van der Waals surface area contributed by atoms with Gasteiger partial charge in [0.05, 0.1) is 0 Å². The second kappa shape index (κ2) is 3.60. The molecule has 17 heavy (non-hydrogen) atoms. The Morgan fingerprint density at radius 3 is 1.35 bits per heavy atom. The molecule has 2 heterocycles. The number of carbonyl (C=O) groups is 4. The highest BCUT2D eigenvalue weighted by atomic mass is 16.5. The second-order valence-corrected chi connectivity index (χ2v) is 3.66. The highest BCUT2D eigenvalue weighted by Gasteiger charge is 2.80. The quantitative estimate of drug-likeness (QED) is 0.415. The molecule has 0 atom stereocenters. The first-order valence-corrected chi connectivity index (χ1v) is 4.74. The lowest BCUT2D eigenvalue weighted by Gasteiger charge is -2.51. The van der Waals surface area contributed by atoms with Crippen LogP contribution in [-0.2, 0) is 28.7 Å². The Labute approximate surface area is 96.0 Å². The van der Waals surface area contributed by atoms with Crippen LogP contribution in [0.4, 0.5) is 0 Å². The van der Waals surface area contributed by atoms with Gasteiger partial charge >= 0.3 is 0 Å². The molecule has 0 bridgehead atoms. The van der Waals surface area contributed by atoms with Crippen LogP contribution in [0.5, 0.6) is 0 Å². The van der Waals surface area contributed by atoms with Gasteiger partial charge in [-0.3, -0.25) is 29.0 Å². The zero-order chi connectivity index (χ0) is 12.8. The lowest BCUT2D eigenvalue weighted by molar-refractivity contribution is -0.206.